The molecule has 0 unspecified atom stereocenters. The van der Waals surface area contributed by atoms with E-state index in [9.17, 15) is 18.4 Å². The van der Waals surface area contributed by atoms with Gasteiger partial charge in [-0.2, -0.15) is 0 Å². The molecule has 0 radical (unpaired) electrons. The van der Waals surface area contributed by atoms with Gasteiger partial charge in [-0.25, -0.2) is 13.8 Å². The van der Waals surface area contributed by atoms with Gasteiger partial charge in [0, 0.05) is 11.1 Å². The number of anilines is 1. The largest absolute Gasteiger partial charge is 0.325 e. The van der Waals surface area contributed by atoms with E-state index >= 15 is 0 Å². The number of carbonyl (C=O) groups excluding carboxylic acids is 1. The number of aromatic nitrogens is 3. The summed E-state index contributed by atoms with van der Waals surface area (Å²) in [4.78, 5) is 30.6. The maximum absolute atomic E-state index is 14.0. The summed E-state index contributed by atoms with van der Waals surface area (Å²) in [7, 11) is 0. The summed E-state index contributed by atoms with van der Waals surface area (Å²) in [6.45, 7) is 0.107. The van der Waals surface area contributed by atoms with Gasteiger partial charge >= 0.3 is 0 Å². The van der Waals surface area contributed by atoms with E-state index in [4.69, 9.17) is 0 Å². The Hall–Kier alpha value is -4.33. The minimum Gasteiger partial charge on any atom is -0.325 e. The van der Waals surface area contributed by atoms with Gasteiger partial charge in [-0.3, -0.25) is 14.2 Å². The van der Waals surface area contributed by atoms with E-state index in [0.29, 0.717) is 28.7 Å². The summed E-state index contributed by atoms with van der Waals surface area (Å²) in [6, 6.07) is 18.9. The normalized spacial score (nSPS) is 11.2. The lowest BCUT2D eigenvalue weighted by molar-refractivity contribution is -0.116. The van der Waals surface area contributed by atoms with Crippen LogP contribution in [0.1, 0.15) is 5.56 Å². The molecular formula is C25H18F2N4O2. The van der Waals surface area contributed by atoms with Crippen molar-refractivity contribution in [2.75, 3.05) is 5.32 Å². The maximum atomic E-state index is 14.0. The fourth-order valence-electron chi connectivity index (χ4n) is 3.91. The number of rotatable bonds is 5. The summed E-state index contributed by atoms with van der Waals surface area (Å²) < 4.78 is 30.2. The lowest BCUT2D eigenvalue weighted by Crippen LogP contribution is -2.25. The molecule has 2 heterocycles. The second-order valence-corrected chi connectivity index (χ2v) is 7.66. The quantitative estimate of drug-likeness (QED) is 0.439. The fraction of sp³-hybridized carbons (Fsp3) is 0.0800. The first kappa shape index (κ1) is 20.6. The molecule has 3 aromatic carbocycles. The third-order valence-electron chi connectivity index (χ3n) is 5.41. The van der Waals surface area contributed by atoms with Crippen LogP contribution in [0.2, 0.25) is 0 Å². The topological polar surface area (TPSA) is 68.9 Å². The molecule has 5 rings (SSSR count). The summed E-state index contributed by atoms with van der Waals surface area (Å²) in [5.74, 6) is -1.29. The van der Waals surface area contributed by atoms with Crippen LogP contribution in [0, 0.1) is 11.6 Å². The Balaban J connectivity index is 1.60. The highest BCUT2D eigenvalue weighted by Gasteiger charge is 2.19. The molecule has 2 aromatic heterocycles. The highest BCUT2D eigenvalue weighted by Crippen LogP contribution is 2.26. The highest BCUT2D eigenvalue weighted by molar-refractivity contribution is 6.06. The number of fused-ring (bicyclic) bond motifs is 3. The van der Waals surface area contributed by atoms with E-state index in [1.165, 1.54) is 53.4 Å². The van der Waals surface area contributed by atoms with E-state index in [0.717, 1.165) is 5.56 Å². The SMILES string of the molecule is O=C(Cn1c2ccc(F)cc2c2ncn(Cc3ccccc3)c(=O)c21)Nc1ccc(F)cc1. The lowest BCUT2D eigenvalue weighted by atomic mass is 10.2. The van der Waals surface area contributed by atoms with Gasteiger partial charge in [0.2, 0.25) is 5.91 Å². The number of amides is 1. The zero-order valence-electron chi connectivity index (χ0n) is 17.3. The predicted octanol–water partition coefficient (Wildman–Crippen LogP) is 4.32. The molecule has 0 spiro atoms. The fourth-order valence-corrected chi connectivity index (χ4v) is 3.91. The molecule has 0 atom stereocenters. The average molecular weight is 444 g/mol. The van der Waals surface area contributed by atoms with Crippen LogP contribution in [0.15, 0.2) is 83.9 Å². The summed E-state index contributed by atoms with van der Waals surface area (Å²) >= 11 is 0. The van der Waals surface area contributed by atoms with Crippen LogP contribution >= 0.6 is 0 Å². The molecule has 8 heteroatoms. The monoisotopic (exact) mass is 444 g/mol. The second-order valence-electron chi connectivity index (χ2n) is 7.66. The number of hydrogen-bond acceptors (Lipinski definition) is 3. The Morgan fingerprint density at radius 1 is 0.939 bits per heavy atom. The summed E-state index contributed by atoms with van der Waals surface area (Å²) in [6.07, 6.45) is 1.44. The van der Waals surface area contributed by atoms with Crippen molar-refractivity contribution in [2.45, 2.75) is 13.1 Å². The van der Waals surface area contributed by atoms with E-state index in [1.54, 1.807) is 4.57 Å². The van der Waals surface area contributed by atoms with Crippen LogP contribution in [-0.2, 0) is 17.9 Å². The molecule has 1 N–H and O–H groups in total. The van der Waals surface area contributed by atoms with E-state index < -0.39 is 17.5 Å². The first-order valence-corrected chi connectivity index (χ1v) is 10.3. The first-order chi connectivity index (χ1) is 16.0. The van der Waals surface area contributed by atoms with E-state index in [2.05, 4.69) is 10.3 Å². The Morgan fingerprint density at radius 2 is 1.67 bits per heavy atom. The van der Waals surface area contributed by atoms with Gasteiger partial charge in [0.1, 0.15) is 29.2 Å². The molecule has 0 fully saturated rings. The Kier molecular flexibility index (Phi) is 5.18. The maximum Gasteiger partial charge on any atom is 0.278 e. The van der Waals surface area contributed by atoms with Gasteiger partial charge in [0.15, 0.2) is 0 Å². The van der Waals surface area contributed by atoms with Gasteiger partial charge in [-0.05, 0) is 48.0 Å². The number of nitrogens with one attached hydrogen (secondary N) is 1. The van der Waals surface area contributed by atoms with Crippen molar-refractivity contribution < 1.29 is 13.6 Å². The summed E-state index contributed by atoms with van der Waals surface area (Å²) in [5.41, 5.74) is 2.06. The van der Waals surface area contributed by atoms with Crippen molar-refractivity contribution in [3.8, 4) is 0 Å². The molecule has 5 aromatic rings. The van der Waals surface area contributed by atoms with E-state index in [-0.39, 0.29) is 17.6 Å². The first-order valence-electron chi connectivity index (χ1n) is 10.3. The van der Waals surface area contributed by atoms with Crippen LogP contribution < -0.4 is 10.9 Å². The molecule has 0 bridgehead atoms. The standard InChI is InChI=1S/C25H18F2N4O2/c26-17-6-9-19(10-7-17)29-22(32)14-31-21-11-8-18(27)12-20(21)23-24(31)25(33)30(15-28-23)13-16-4-2-1-3-5-16/h1-12,15H,13-14H2,(H,29,32). The third kappa shape index (κ3) is 3.98. The van der Waals surface area contributed by atoms with Crippen LogP contribution in [0.25, 0.3) is 21.9 Å². The number of benzene rings is 3. The number of carbonyl (C=O) groups is 1. The van der Waals surface area contributed by atoms with Crippen molar-refractivity contribution in [1.82, 2.24) is 14.1 Å². The van der Waals surface area contributed by atoms with E-state index in [1.807, 2.05) is 30.3 Å². The number of halogens is 2. The van der Waals surface area contributed by atoms with Crippen LogP contribution in [0.4, 0.5) is 14.5 Å². The zero-order chi connectivity index (χ0) is 22.9. The van der Waals surface area contributed by atoms with Crippen molar-refractivity contribution >= 4 is 33.5 Å². The second kappa shape index (κ2) is 8.31. The Bertz CT molecular complexity index is 1540. The van der Waals surface area contributed by atoms with Gasteiger partial charge < -0.3 is 9.88 Å². The minimum absolute atomic E-state index is 0.199. The molecule has 6 nitrogen and oxygen atoms in total. The third-order valence-corrected chi connectivity index (χ3v) is 5.41. The average Bonchev–Trinajstić information content (AvgIpc) is 3.11. The van der Waals surface area contributed by atoms with Crippen molar-refractivity contribution in [3.63, 3.8) is 0 Å². The van der Waals surface area contributed by atoms with Crippen molar-refractivity contribution in [1.29, 1.82) is 0 Å². The van der Waals surface area contributed by atoms with Crippen molar-refractivity contribution in [3.05, 3.63) is 107 Å². The van der Waals surface area contributed by atoms with Gasteiger partial charge in [-0.15, -0.1) is 0 Å². The van der Waals surface area contributed by atoms with Crippen LogP contribution in [-0.4, -0.2) is 20.0 Å². The molecule has 164 valence electrons. The molecular weight excluding hydrogens is 426 g/mol. The number of nitrogens with zero attached hydrogens (tertiary/aromatic N) is 3. The zero-order valence-corrected chi connectivity index (χ0v) is 17.3. The highest BCUT2D eigenvalue weighted by atomic mass is 19.1. The molecule has 1 amide bonds. The van der Waals surface area contributed by atoms with Gasteiger partial charge in [0.05, 0.1) is 18.4 Å². The molecule has 33 heavy (non-hydrogen) atoms. The molecule has 0 aliphatic heterocycles. The van der Waals surface area contributed by atoms with Gasteiger partial charge in [-0.1, -0.05) is 30.3 Å². The number of hydrogen-bond donors (Lipinski definition) is 1. The van der Waals surface area contributed by atoms with Crippen LogP contribution in [0.3, 0.4) is 0 Å². The molecule has 0 aliphatic rings. The van der Waals surface area contributed by atoms with Crippen LogP contribution in [0.5, 0.6) is 0 Å². The van der Waals surface area contributed by atoms with Crippen molar-refractivity contribution in [2.24, 2.45) is 0 Å². The lowest BCUT2D eigenvalue weighted by Gasteiger charge is -2.10. The van der Waals surface area contributed by atoms with Gasteiger partial charge in [0.25, 0.3) is 5.56 Å². The molecule has 0 aliphatic carbocycles. The molecule has 0 saturated heterocycles. The molecule has 0 saturated carbocycles. The smallest absolute Gasteiger partial charge is 0.278 e. The minimum atomic E-state index is -0.465. The summed E-state index contributed by atoms with van der Waals surface area (Å²) in [5, 5.41) is 3.14. The Morgan fingerprint density at radius 3 is 2.42 bits per heavy atom. The Labute approximate surface area is 186 Å². The predicted molar refractivity (Wildman–Crippen MR) is 122 cm³/mol.